The smallest absolute Gasteiger partial charge is 0.0112 e. The molecule has 0 bridgehead atoms. The summed E-state index contributed by atoms with van der Waals surface area (Å²) in [5.74, 6) is 0. The molecule has 1 heterocycles. The van der Waals surface area contributed by atoms with Crippen LogP contribution in [0.2, 0.25) is 0 Å². The van der Waals surface area contributed by atoms with Gasteiger partial charge in [0.25, 0.3) is 0 Å². The maximum Gasteiger partial charge on any atom is 0.0112 e. The van der Waals surface area contributed by atoms with Gasteiger partial charge in [-0.1, -0.05) is 19.8 Å². The van der Waals surface area contributed by atoms with Crippen LogP contribution in [-0.2, 0) is 0 Å². The highest BCUT2D eigenvalue weighted by Crippen LogP contribution is 2.09. The summed E-state index contributed by atoms with van der Waals surface area (Å²) >= 11 is 0. The number of hydrogen-bond donors (Lipinski definition) is 1. The van der Waals surface area contributed by atoms with E-state index in [1.165, 1.54) is 64.8 Å². The van der Waals surface area contributed by atoms with Crippen LogP contribution in [0.5, 0.6) is 0 Å². The molecule has 1 saturated heterocycles. The maximum atomic E-state index is 5.95. The summed E-state index contributed by atoms with van der Waals surface area (Å²) < 4.78 is 0. The van der Waals surface area contributed by atoms with Crippen LogP contribution in [0.25, 0.3) is 0 Å². The number of rotatable bonds is 8. The van der Waals surface area contributed by atoms with Crippen LogP contribution in [0, 0.1) is 0 Å². The van der Waals surface area contributed by atoms with Crippen LogP contribution in [0.3, 0.4) is 0 Å². The zero-order chi connectivity index (χ0) is 13.4. The molecule has 0 saturated carbocycles. The number of hydrogen-bond acceptors (Lipinski definition) is 3. The largest absolute Gasteiger partial charge is 0.328 e. The van der Waals surface area contributed by atoms with Crippen LogP contribution in [0.15, 0.2) is 0 Å². The molecule has 0 aromatic heterocycles. The van der Waals surface area contributed by atoms with Gasteiger partial charge in [0.05, 0.1) is 0 Å². The molecule has 3 nitrogen and oxygen atoms in total. The van der Waals surface area contributed by atoms with Crippen LogP contribution in [-0.4, -0.2) is 54.6 Å². The van der Waals surface area contributed by atoms with Crippen LogP contribution in [0.1, 0.15) is 52.9 Å². The normalized spacial score (nSPS) is 19.0. The second kappa shape index (κ2) is 8.89. The molecule has 0 spiro atoms. The minimum absolute atomic E-state index is 0.451. The van der Waals surface area contributed by atoms with Crippen molar-refractivity contribution in [1.82, 2.24) is 9.80 Å². The van der Waals surface area contributed by atoms with Crippen molar-refractivity contribution < 1.29 is 0 Å². The molecule has 1 rings (SSSR count). The summed E-state index contributed by atoms with van der Waals surface area (Å²) in [6, 6.07) is 1.13. The summed E-state index contributed by atoms with van der Waals surface area (Å²) in [4.78, 5) is 5.21. The molecule has 2 N–H and O–H groups in total. The Bertz CT molecular complexity index is 198. The number of nitrogens with zero attached hydrogens (tertiary/aromatic N) is 2. The second-order valence-electron chi connectivity index (χ2n) is 6.02. The topological polar surface area (TPSA) is 32.5 Å². The summed E-state index contributed by atoms with van der Waals surface area (Å²) in [6.45, 7) is 13.0. The Morgan fingerprint density at radius 2 is 1.83 bits per heavy atom. The molecular formula is C15H33N3. The lowest BCUT2D eigenvalue weighted by Gasteiger charge is -2.33. The van der Waals surface area contributed by atoms with Crippen molar-refractivity contribution >= 4 is 0 Å². The molecule has 0 atom stereocenters. The van der Waals surface area contributed by atoms with Crippen molar-refractivity contribution in [3.8, 4) is 0 Å². The monoisotopic (exact) mass is 255 g/mol. The van der Waals surface area contributed by atoms with E-state index in [0.717, 1.165) is 0 Å². The van der Waals surface area contributed by atoms with Gasteiger partial charge in [0.1, 0.15) is 0 Å². The Balaban J connectivity index is 2.20. The molecule has 0 aromatic rings. The van der Waals surface area contributed by atoms with Crippen molar-refractivity contribution in [2.24, 2.45) is 5.73 Å². The minimum atomic E-state index is 0.451. The molecule has 1 aliphatic heterocycles. The van der Waals surface area contributed by atoms with E-state index in [1.807, 2.05) is 0 Å². The first-order valence-electron chi connectivity index (χ1n) is 7.85. The third-order valence-corrected chi connectivity index (χ3v) is 4.11. The van der Waals surface area contributed by atoms with Crippen LogP contribution in [0.4, 0.5) is 0 Å². The van der Waals surface area contributed by atoms with E-state index >= 15 is 0 Å². The van der Waals surface area contributed by atoms with Crippen molar-refractivity contribution in [2.45, 2.75) is 65.0 Å². The fourth-order valence-electron chi connectivity index (χ4n) is 2.64. The van der Waals surface area contributed by atoms with Gasteiger partial charge in [-0.2, -0.15) is 0 Å². The Labute approximate surface area is 114 Å². The van der Waals surface area contributed by atoms with Crippen LogP contribution < -0.4 is 5.73 Å². The zero-order valence-corrected chi connectivity index (χ0v) is 12.7. The molecule has 0 radical (unpaired) electrons. The fraction of sp³-hybridized carbons (Fsp3) is 1.00. The van der Waals surface area contributed by atoms with Gasteiger partial charge in [-0.25, -0.2) is 0 Å². The number of unbranched alkanes of at least 4 members (excludes halogenated alkanes) is 2. The lowest BCUT2D eigenvalue weighted by molar-refractivity contribution is 0.153. The molecule has 18 heavy (non-hydrogen) atoms. The van der Waals surface area contributed by atoms with E-state index in [1.54, 1.807) is 0 Å². The average molecular weight is 255 g/mol. The highest BCUT2D eigenvalue weighted by molar-refractivity contribution is 4.75. The van der Waals surface area contributed by atoms with Gasteiger partial charge in [0.2, 0.25) is 0 Å². The van der Waals surface area contributed by atoms with Gasteiger partial charge >= 0.3 is 0 Å². The minimum Gasteiger partial charge on any atom is -0.328 e. The van der Waals surface area contributed by atoms with Gasteiger partial charge in [-0.15, -0.1) is 0 Å². The van der Waals surface area contributed by atoms with Crippen molar-refractivity contribution in [3.63, 3.8) is 0 Å². The molecule has 0 unspecified atom stereocenters. The lowest BCUT2D eigenvalue weighted by atomic mass is 10.1. The summed E-state index contributed by atoms with van der Waals surface area (Å²) in [5.41, 5.74) is 5.95. The Kier molecular flexibility index (Phi) is 7.87. The molecule has 0 aromatic carbocycles. The summed E-state index contributed by atoms with van der Waals surface area (Å²) in [7, 11) is 0. The molecule has 108 valence electrons. The average Bonchev–Trinajstić information content (AvgIpc) is 2.35. The van der Waals surface area contributed by atoms with E-state index in [9.17, 15) is 0 Å². The first-order chi connectivity index (χ1) is 8.63. The Hall–Kier alpha value is -0.120. The van der Waals surface area contributed by atoms with Gasteiger partial charge in [-0.3, -0.25) is 4.90 Å². The third-order valence-electron chi connectivity index (χ3n) is 4.11. The first kappa shape index (κ1) is 15.9. The van der Waals surface area contributed by atoms with E-state index in [-0.39, 0.29) is 0 Å². The van der Waals surface area contributed by atoms with Gasteiger partial charge < -0.3 is 10.6 Å². The van der Waals surface area contributed by atoms with Gasteiger partial charge in [-0.05, 0) is 52.7 Å². The lowest BCUT2D eigenvalue weighted by Crippen LogP contribution is -2.44. The van der Waals surface area contributed by atoms with Crippen molar-refractivity contribution in [1.29, 1.82) is 0 Å². The van der Waals surface area contributed by atoms with E-state index in [0.29, 0.717) is 12.1 Å². The highest BCUT2D eigenvalue weighted by atomic mass is 15.2. The SMILES string of the molecule is CCCCCN(CCN1CCC(N)CC1)C(C)C. The van der Waals surface area contributed by atoms with E-state index < -0.39 is 0 Å². The molecular weight excluding hydrogens is 222 g/mol. The molecule has 1 fully saturated rings. The number of piperidine rings is 1. The predicted octanol–water partition coefficient (Wildman–Crippen LogP) is 2.31. The first-order valence-corrected chi connectivity index (χ1v) is 7.85. The standard InChI is InChI=1S/C15H33N3/c1-4-5-6-9-18(14(2)3)13-12-17-10-7-15(16)8-11-17/h14-15H,4-13,16H2,1-3H3. The number of likely N-dealkylation sites (tertiary alicyclic amines) is 1. The van der Waals surface area contributed by atoms with Gasteiger partial charge in [0.15, 0.2) is 0 Å². The van der Waals surface area contributed by atoms with E-state index in [2.05, 4.69) is 30.6 Å². The van der Waals surface area contributed by atoms with E-state index in [4.69, 9.17) is 5.73 Å². The van der Waals surface area contributed by atoms with Crippen molar-refractivity contribution in [3.05, 3.63) is 0 Å². The molecule has 1 aliphatic rings. The molecule has 3 heteroatoms. The Morgan fingerprint density at radius 3 is 2.39 bits per heavy atom. The zero-order valence-electron chi connectivity index (χ0n) is 12.7. The van der Waals surface area contributed by atoms with Gasteiger partial charge in [0, 0.05) is 25.2 Å². The Morgan fingerprint density at radius 1 is 1.17 bits per heavy atom. The summed E-state index contributed by atoms with van der Waals surface area (Å²) in [6.07, 6.45) is 6.38. The quantitative estimate of drug-likeness (QED) is 0.676. The molecule has 0 amide bonds. The highest BCUT2D eigenvalue weighted by Gasteiger charge is 2.17. The molecule has 0 aliphatic carbocycles. The maximum absolute atomic E-state index is 5.95. The number of nitrogens with two attached hydrogens (primary N) is 1. The predicted molar refractivity (Wildman–Crippen MR) is 79.9 cm³/mol. The fourth-order valence-corrected chi connectivity index (χ4v) is 2.64. The van der Waals surface area contributed by atoms with Crippen LogP contribution >= 0.6 is 0 Å². The van der Waals surface area contributed by atoms with Crippen molar-refractivity contribution in [2.75, 3.05) is 32.7 Å². The summed E-state index contributed by atoms with van der Waals surface area (Å²) in [5, 5.41) is 0. The third kappa shape index (κ3) is 6.17. The second-order valence-corrected chi connectivity index (χ2v) is 6.02.